The molecule has 0 aliphatic heterocycles. The SMILES string of the molecule is COC(=O)c1ccnc(-c2ccc3[nH]cc(I)c3c2)c1. The molecule has 0 bridgehead atoms. The molecule has 0 spiro atoms. The summed E-state index contributed by atoms with van der Waals surface area (Å²) in [5.74, 6) is -0.356. The van der Waals surface area contributed by atoms with Crippen LogP contribution in [-0.4, -0.2) is 23.0 Å². The topological polar surface area (TPSA) is 55.0 Å². The number of fused-ring (bicyclic) bond motifs is 1. The maximum absolute atomic E-state index is 11.6. The van der Waals surface area contributed by atoms with Crippen molar-refractivity contribution in [3.05, 3.63) is 51.9 Å². The average Bonchev–Trinajstić information content (AvgIpc) is 2.87. The number of aromatic amines is 1. The van der Waals surface area contributed by atoms with Crippen LogP contribution in [0.3, 0.4) is 0 Å². The quantitative estimate of drug-likeness (QED) is 0.548. The van der Waals surface area contributed by atoms with Crippen molar-refractivity contribution in [3.63, 3.8) is 0 Å². The van der Waals surface area contributed by atoms with Crippen LogP contribution < -0.4 is 0 Å². The van der Waals surface area contributed by atoms with Crippen molar-refractivity contribution in [1.82, 2.24) is 9.97 Å². The molecule has 2 heterocycles. The van der Waals surface area contributed by atoms with E-state index in [0.29, 0.717) is 5.56 Å². The molecule has 2 aromatic heterocycles. The van der Waals surface area contributed by atoms with Crippen molar-refractivity contribution in [3.8, 4) is 11.3 Å². The van der Waals surface area contributed by atoms with E-state index < -0.39 is 0 Å². The van der Waals surface area contributed by atoms with E-state index in [1.807, 2.05) is 18.3 Å². The molecule has 0 aliphatic rings. The molecule has 0 aliphatic carbocycles. The summed E-state index contributed by atoms with van der Waals surface area (Å²) in [7, 11) is 1.37. The Morgan fingerprint density at radius 1 is 1.30 bits per heavy atom. The summed E-state index contributed by atoms with van der Waals surface area (Å²) in [6.07, 6.45) is 3.58. The van der Waals surface area contributed by atoms with Gasteiger partial charge in [0.1, 0.15) is 0 Å². The van der Waals surface area contributed by atoms with Crippen LogP contribution in [0.25, 0.3) is 22.2 Å². The lowest BCUT2D eigenvalue weighted by Gasteiger charge is -2.04. The predicted octanol–water partition coefficient (Wildman–Crippen LogP) is 3.62. The second kappa shape index (κ2) is 5.24. The van der Waals surface area contributed by atoms with Crippen LogP contribution >= 0.6 is 22.6 Å². The number of aromatic nitrogens is 2. The smallest absolute Gasteiger partial charge is 0.337 e. The van der Waals surface area contributed by atoms with E-state index >= 15 is 0 Å². The van der Waals surface area contributed by atoms with E-state index in [2.05, 4.69) is 38.6 Å². The minimum absolute atomic E-state index is 0.356. The molecule has 0 saturated carbocycles. The Bertz CT molecular complexity index is 795. The van der Waals surface area contributed by atoms with Gasteiger partial charge in [0.05, 0.1) is 18.4 Å². The second-order valence-corrected chi connectivity index (χ2v) is 5.48. The van der Waals surface area contributed by atoms with Gasteiger partial charge in [-0.25, -0.2) is 4.79 Å². The molecule has 0 fully saturated rings. The molecule has 0 unspecified atom stereocenters. The summed E-state index contributed by atoms with van der Waals surface area (Å²) in [6, 6.07) is 9.45. The molecule has 3 aromatic rings. The largest absolute Gasteiger partial charge is 0.465 e. The highest BCUT2D eigenvalue weighted by Crippen LogP contribution is 2.26. The molecule has 1 N–H and O–H groups in total. The predicted molar refractivity (Wildman–Crippen MR) is 85.6 cm³/mol. The zero-order valence-corrected chi connectivity index (χ0v) is 12.8. The number of carbonyl (C=O) groups is 1. The summed E-state index contributed by atoms with van der Waals surface area (Å²) < 4.78 is 5.89. The third kappa shape index (κ3) is 2.29. The van der Waals surface area contributed by atoms with E-state index in [1.165, 1.54) is 7.11 Å². The number of methoxy groups -OCH3 is 1. The Balaban J connectivity index is 2.10. The number of ether oxygens (including phenoxy) is 1. The summed E-state index contributed by atoms with van der Waals surface area (Å²) in [6.45, 7) is 0. The maximum atomic E-state index is 11.6. The minimum Gasteiger partial charge on any atom is -0.465 e. The summed E-state index contributed by atoms with van der Waals surface area (Å²) in [5, 5.41) is 1.15. The zero-order valence-electron chi connectivity index (χ0n) is 10.7. The van der Waals surface area contributed by atoms with Gasteiger partial charge in [0.25, 0.3) is 0 Å². The van der Waals surface area contributed by atoms with Crippen LogP contribution in [-0.2, 0) is 4.74 Å². The molecule has 5 heteroatoms. The highest BCUT2D eigenvalue weighted by Gasteiger charge is 2.09. The van der Waals surface area contributed by atoms with Crippen molar-refractivity contribution in [2.75, 3.05) is 7.11 Å². The van der Waals surface area contributed by atoms with Gasteiger partial charge in [0.15, 0.2) is 0 Å². The number of benzene rings is 1. The molecule has 0 atom stereocenters. The highest BCUT2D eigenvalue weighted by molar-refractivity contribution is 14.1. The number of halogens is 1. The van der Waals surface area contributed by atoms with Crippen molar-refractivity contribution in [2.45, 2.75) is 0 Å². The van der Waals surface area contributed by atoms with E-state index in [9.17, 15) is 4.79 Å². The fourth-order valence-corrected chi connectivity index (χ4v) is 2.68. The summed E-state index contributed by atoms with van der Waals surface area (Å²) >= 11 is 2.29. The maximum Gasteiger partial charge on any atom is 0.337 e. The normalized spacial score (nSPS) is 10.7. The number of rotatable bonds is 2. The van der Waals surface area contributed by atoms with E-state index in [-0.39, 0.29) is 5.97 Å². The van der Waals surface area contributed by atoms with Gasteiger partial charge in [0.2, 0.25) is 0 Å². The van der Waals surface area contributed by atoms with Gasteiger partial charge in [-0.3, -0.25) is 4.98 Å². The molecule has 20 heavy (non-hydrogen) atoms. The molecule has 100 valence electrons. The number of carbonyl (C=O) groups excluding carboxylic acids is 1. The lowest BCUT2D eigenvalue weighted by atomic mass is 10.1. The van der Waals surface area contributed by atoms with E-state index in [0.717, 1.165) is 25.7 Å². The van der Waals surface area contributed by atoms with Gasteiger partial charge < -0.3 is 9.72 Å². The molecule has 3 rings (SSSR count). The van der Waals surface area contributed by atoms with Gasteiger partial charge in [-0.2, -0.15) is 0 Å². The number of pyridine rings is 1. The van der Waals surface area contributed by atoms with Crippen LogP contribution in [0.4, 0.5) is 0 Å². The van der Waals surface area contributed by atoms with Gasteiger partial charge in [0, 0.05) is 32.4 Å². The average molecular weight is 378 g/mol. The van der Waals surface area contributed by atoms with Gasteiger partial charge in [-0.05, 0) is 46.9 Å². The van der Waals surface area contributed by atoms with Crippen LogP contribution in [0.15, 0.2) is 42.7 Å². The molecule has 0 radical (unpaired) electrons. The third-order valence-corrected chi connectivity index (χ3v) is 4.00. The molecule has 0 saturated heterocycles. The van der Waals surface area contributed by atoms with Crippen molar-refractivity contribution >= 4 is 39.5 Å². The number of hydrogen-bond acceptors (Lipinski definition) is 3. The lowest BCUT2D eigenvalue weighted by Crippen LogP contribution is -2.01. The van der Waals surface area contributed by atoms with Crippen molar-refractivity contribution < 1.29 is 9.53 Å². The van der Waals surface area contributed by atoms with Crippen molar-refractivity contribution in [2.24, 2.45) is 0 Å². The first-order chi connectivity index (χ1) is 9.69. The van der Waals surface area contributed by atoms with E-state index in [4.69, 9.17) is 4.74 Å². The molecule has 4 nitrogen and oxygen atoms in total. The standard InChI is InChI=1S/C15H11IN2O2/c1-20-15(19)10-4-5-17-14(7-10)9-2-3-13-11(6-9)12(16)8-18-13/h2-8,18H,1H3. The Kier molecular flexibility index (Phi) is 3.43. The van der Waals surface area contributed by atoms with E-state index in [1.54, 1.807) is 18.3 Å². The summed E-state index contributed by atoms with van der Waals surface area (Å²) in [4.78, 5) is 19.1. The van der Waals surface area contributed by atoms with Gasteiger partial charge in [-0.1, -0.05) is 6.07 Å². The van der Waals surface area contributed by atoms with Gasteiger partial charge in [-0.15, -0.1) is 0 Å². The Hall–Kier alpha value is -1.89. The Labute approximate surface area is 129 Å². The zero-order chi connectivity index (χ0) is 14.1. The monoisotopic (exact) mass is 378 g/mol. The number of hydrogen-bond donors (Lipinski definition) is 1. The number of nitrogens with zero attached hydrogens (tertiary/aromatic N) is 1. The molecular weight excluding hydrogens is 367 g/mol. The second-order valence-electron chi connectivity index (χ2n) is 4.32. The van der Waals surface area contributed by atoms with Crippen LogP contribution in [0.5, 0.6) is 0 Å². The van der Waals surface area contributed by atoms with Gasteiger partial charge >= 0.3 is 5.97 Å². The minimum atomic E-state index is -0.356. The van der Waals surface area contributed by atoms with Crippen LogP contribution in [0.2, 0.25) is 0 Å². The summed E-state index contributed by atoms with van der Waals surface area (Å²) in [5.41, 5.74) is 3.32. The molecular formula is C15H11IN2O2. The highest BCUT2D eigenvalue weighted by atomic mass is 127. The van der Waals surface area contributed by atoms with Crippen LogP contribution in [0, 0.1) is 3.57 Å². The number of H-pyrrole nitrogens is 1. The van der Waals surface area contributed by atoms with Crippen molar-refractivity contribution in [1.29, 1.82) is 0 Å². The fraction of sp³-hybridized carbons (Fsp3) is 0.0667. The third-order valence-electron chi connectivity index (χ3n) is 3.11. The lowest BCUT2D eigenvalue weighted by molar-refractivity contribution is 0.0600. The first-order valence-electron chi connectivity index (χ1n) is 6.00. The fourth-order valence-electron chi connectivity index (χ4n) is 2.08. The number of esters is 1. The Morgan fingerprint density at radius 2 is 2.15 bits per heavy atom. The molecule has 0 amide bonds. The number of nitrogens with one attached hydrogen (secondary N) is 1. The first kappa shape index (κ1) is 13.1. The Morgan fingerprint density at radius 3 is 2.95 bits per heavy atom. The molecule has 1 aromatic carbocycles. The first-order valence-corrected chi connectivity index (χ1v) is 7.08. The van der Waals surface area contributed by atoms with Crippen LogP contribution in [0.1, 0.15) is 10.4 Å².